The smallest absolute Gasteiger partial charge is 0.270 e. The SMILES string of the molecule is O=C(NC1C2CCN(CC2)C12CC2)c1ccc2occc2n1. The van der Waals surface area contributed by atoms with E-state index in [1.165, 1.54) is 38.8 Å². The molecule has 1 spiro atoms. The van der Waals surface area contributed by atoms with E-state index in [1.807, 2.05) is 6.07 Å². The Morgan fingerprint density at radius 2 is 2.09 bits per heavy atom. The molecule has 114 valence electrons. The molecule has 22 heavy (non-hydrogen) atoms. The van der Waals surface area contributed by atoms with Gasteiger partial charge in [0.05, 0.1) is 12.3 Å². The van der Waals surface area contributed by atoms with Gasteiger partial charge in [0, 0.05) is 11.6 Å². The van der Waals surface area contributed by atoms with Crippen molar-refractivity contribution in [2.75, 3.05) is 13.1 Å². The number of piperidine rings is 3. The number of nitrogens with zero attached hydrogens (tertiary/aromatic N) is 2. The first-order chi connectivity index (χ1) is 10.8. The maximum absolute atomic E-state index is 12.6. The molecule has 1 amide bonds. The van der Waals surface area contributed by atoms with E-state index in [2.05, 4.69) is 15.2 Å². The first kappa shape index (κ1) is 12.6. The van der Waals surface area contributed by atoms with E-state index >= 15 is 0 Å². The molecular formula is C17H19N3O2. The third kappa shape index (κ3) is 1.69. The van der Waals surface area contributed by atoms with Gasteiger partial charge in [-0.05, 0) is 56.8 Å². The zero-order valence-corrected chi connectivity index (χ0v) is 12.4. The molecule has 5 heterocycles. The first-order valence-electron chi connectivity index (χ1n) is 8.16. The molecule has 0 aromatic carbocycles. The predicted molar refractivity (Wildman–Crippen MR) is 81.5 cm³/mol. The van der Waals surface area contributed by atoms with Crippen LogP contribution in [0.1, 0.15) is 36.2 Å². The largest absolute Gasteiger partial charge is 0.463 e. The third-order valence-corrected chi connectivity index (χ3v) is 5.81. The van der Waals surface area contributed by atoms with E-state index in [1.54, 1.807) is 18.4 Å². The van der Waals surface area contributed by atoms with Crippen molar-refractivity contribution in [3.63, 3.8) is 0 Å². The molecular weight excluding hydrogens is 278 g/mol. The number of hydrogen-bond donors (Lipinski definition) is 1. The number of aromatic nitrogens is 1. The summed E-state index contributed by atoms with van der Waals surface area (Å²) in [5, 5.41) is 3.30. The van der Waals surface area contributed by atoms with Crippen LogP contribution in [-0.4, -0.2) is 40.5 Å². The summed E-state index contributed by atoms with van der Waals surface area (Å²) in [7, 11) is 0. The van der Waals surface area contributed by atoms with Crippen LogP contribution in [0.2, 0.25) is 0 Å². The number of carbonyl (C=O) groups excluding carboxylic acids is 1. The number of hydrogen-bond acceptors (Lipinski definition) is 4. The number of nitrogens with one attached hydrogen (secondary N) is 1. The molecule has 1 atom stereocenters. The van der Waals surface area contributed by atoms with Crippen LogP contribution in [0.15, 0.2) is 28.9 Å². The molecule has 1 aliphatic carbocycles. The van der Waals surface area contributed by atoms with Crippen molar-refractivity contribution >= 4 is 17.0 Å². The van der Waals surface area contributed by atoms with Crippen LogP contribution in [0.5, 0.6) is 0 Å². The Morgan fingerprint density at radius 1 is 1.27 bits per heavy atom. The summed E-state index contributed by atoms with van der Waals surface area (Å²) in [6.45, 7) is 2.41. The van der Waals surface area contributed by atoms with Crippen LogP contribution in [-0.2, 0) is 0 Å². The number of carbonyl (C=O) groups is 1. The quantitative estimate of drug-likeness (QED) is 0.923. The standard InChI is InChI=1S/C17H19N3O2/c21-16(13-1-2-14-12(18-13)5-10-22-14)19-15-11-3-8-20(9-4-11)17(15)6-7-17/h1-2,5,10-11,15H,3-4,6-9H2,(H,19,21). The van der Waals surface area contributed by atoms with Gasteiger partial charge in [-0.15, -0.1) is 0 Å². The van der Waals surface area contributed by atoms with Gasteiger partial charge in [0.2, 0.25) is 0 Å². The number of amides is 1. The molecule has 3 aliphatic heterocycles. The van der Waals surface area contributed by atoms with Crippen molar-refractivity contribution in [1.29, 1.82) is 0 Å². The summed E-state index contributed by atoms with van der Waals surface area (Å²) >= 11 is 0. The monoisotopic (exact) mass is 297 g/mol. The Balaban J connectivity index is 1.42. The summed E-state index contributed by atoms with van der Waals surface area (Å²) in [5.74, 6) is 0.585. The van der Waals surface area contributed by atoms with Gasteiger partial charge in [-0.1, -0.05) is 0 Å². The number of furan rings is 1. The van der Waals surface area contributed by atoms with E-state index in [9.17, 15) is 4.79 Å². The van der Waals surface area contributed by atoms with Crippen LogP contribution in [0.4, 0.5) is 0 Å². The van der Waals surface area contributed by atoms with Crippen LogP contribution in [0.3, 0.4) is 0 Å². The molecule has 2 aromatic heterocycles. The van der Waals surface area contributed by atoms with Crippen molar-refractivity contribution in [3.05, 3.63) is 30.2 Å². The number of pyridine rings is 1. The lowest BCUT2D eigenvalue weighted by Crippen LogP contribution is -2.65. The summed E-state index contributed by atoms with van der Waals surface area (Å²) < 4.78 is 5.29. The molecule has 0 radical (unpaired) electrons. The summed E-state index contributed by atoms with van der Waals surface area (Å²) in [6, 6.07) is 5.66. The fourth-order valence-electron chi connectivity index (χ4n) is 4.52. The topological polar surface area (TPSA) is 58.4 Å². The molecule has 5 nitrogen and oxygen atoms in total. The second-order valence-corrected chi connectivity index (χ2v) is 6.88. The van der Waals surface area contributed by atoms with Gasteiger partial charge in [0.15, 0.2) is 5.58 Å². The van der Waals surface area contributed by atoms with Gasteiger partial charge in [-0.25, -0.2) is 4.98 Å². The van der Waals surface area contributed by atoms with E-state index in [-0.39, 0.29) is 11.4 Å². The minimum absolute atomic E-state index is 0.0480. The summed E-state index contributed by atoms with van der Waals surface area (Å²) in [4.78, 5) is 19.7. The van der Waals surface area contributed by atoms with Gasteiger partial charge < -0.3 is 9.73 Å². The lowest BCUT2D eigenvalue weighted by Gasteiger charge is -2.52. The Hall–Kier alpha value is -1.88. The normalized spacial score (nSPS) is 31.5. The molecule has 1 unspecified atom stereocenters. The molecule has 1 N–H and O–H groups in total. The summed E-state index contributed by atoms with van der Waals surface area (Å²) in [6.07, 6.45) is 6.47. The lowest BCUT2D eigenvalue weighted by atomic mass is 9.77. The number of rotatable bonds is 2. The minimum atomic E-state index is -0.0480. The third-order valence-electron chi connectivity index (χ3n) is 5.81. The molecule has 6 rings (SSSR count). The molecule has 3 saturated heterocycles. The first-order valence-corrected chi connectivity index (χ1v) is 8.16. The highest BCUT2D eigenvalue weighted by molar-refractivity contribution is 5.94. The Kier molecular flexibility index (Phi) is 2.48. The van der Waals surface area contributed by atoms with Crippen LogP contribution in [0, 0.1) is 5.92 Å². The van der Waals surface area contributed by atoms with Crippen LogP contribution < -0.4 is 5.32 Å². The van der Waals surface area contributed by atoms with Gasteiger partial charge in [0.1, 0.15) is 11.2 Å². The Labute approximate surface area is 128 Å². The second kappa shape index (κ2) is 4.32. The zero-order chi connectivity index (χ0) is 14.7. The van der Waals surface area contributed by atoms with Crippen molar-refractivity contribution in [2.24, 2.45) is 5.92 Å². The predicted octanol–water partition coefficient (Wildman–Crippen LogP) is 2.18. The molecule has 2 aromatic rings. The highest BCUT2D eigenvalue weighted by Crippen LogP contribution is 2.53. The summed E-state index contributed by atoms with van der Waals surface area (Å²) in [5.41, 5.74) is 2.21. The number of fused-ring (bicyclic) bond motifs is 3. The average molecular weight is 297 g/mol. The van der Waals surface area contributed by atoms with Gasteiger partial charge in [-0.2, -0.15) is 0 Å². The van der Waals surface area contributed by atoms with Gasteiger partial charge in [-0.3, -0.25) is 9.69 Å². The van der Waals surface area contributed by atoms with E-state index < -0.39 is 0 Å². The Bertz CT molecular complexity index is 741. The second-order valence-electron chi connectivity index (χ2n) is 6.88. The van der Waals surface area contributed by atoms with E-state index in [4.69, 9.17) is 4.42 Å². The highest BCUT2D eigenvalue weighted by Gasteiger charge is 2.60. The highest BCUT2D eigenvalue weighted by atomic mass is 16.3. The fourth-order valence-corrected chi connectivity index (χ4v) is 4.52. The molecule has 2 bridgehead atoms. The molecule has 4 aliphatic rings. The van der Waals surface area contributed by atoms with Crippen molar-refractivity contribution in [1.82, 2.24) is 15.2 Å². The van der Waals surface area contributed by atoms with Gasteiger partial charge in [0.25, 0.3) is 5.91 Å². The Morgan fingerprint density at radius 3 is 2.86 bits per heavy atom. The minimum Gasteiger partial charge on any atom is -0.463 e. The van der Waals surface area contributed by atoms with Crippen LogP contribution >= 0.6 is 0 Å². The van der Waals surface area contributed by atoms with E-state index in [0.717, 1.165) is 11.1 Å². The molecule has 5 heteroatoms. The van der Waals surface area contributed by atoms with Crippen molar-refractivity contribution in [2.45, 2.75) is 37.3 Å². The maximum Gasteiger partial charge on any atom is 0.270 e. The van der Waals surface area contributed by atoms with Gasteiger partial charge >= 0.3 is 0 Å². The molecule has 4 fully saturated rings. The fraction of sp³-hybridized carbons (Fsp3) is 0.529. The van der Waals surface area contributed by atoms with Crippen LogP contribution in [0.25, 0.3) is 11.1 Å². The zero-order valence-electron chi connectivity index (χ0n) is 12.4. The van der Waals surface area contributed by atoms with Crippen molar-refractivity contribution < 1.29 is 9.21 Å². The van der Waals surface area contributed by atoms with E-state index in [0.29, 0.717) is 17.7 Å². The lowest BCUT2D eigenvalue weighted by molar-refractivity contribution is -0.00152. The maximum atomic E-state index is 12.6. The average Bonchev–Trinajstić information content (AvgIpc) is 3.18. The van der Waals surface area contributed by atoms with Crippen molar-refractivity contribution in [3.8, 4) is 0 Å². The molecule has 1 saturated carbocycles.